The fourth-order valence-corrected chi connectivity index (χ4v) is 1.27. The number of anilines is 1. The summed E-state index contributed by atoms with van der Waals surface area (Å²) >= 11 is 0. The van der Waals surface area contributed by atoms with Crippen LogP contribution in [-0.2, 0) is 4.79 Å². The van der Waals surface area contributed by atoms with Gasteiger partial charge in [0.1, 0.15) is 6.07 Å². The lowest BCUT2D eigenvalue weighted by Crippen LogP contribution is -2.20. The summed E-state index contributed by atoms with van der Waals surface area (Å²) in [6.07, 6.45) is 0. The van der Waals surface area contributed by atoms with Crippen molar-refractivity contribution >= 4 is 17.3 Å². The minimum atomic E-state index is -0.349. The van der Waals surface area contributed by atoms with Gasteiger partial charge in [-0.05, 0) is 12.1 Å². The molecule has 1 aliphatic rings. The lowest BCUT2D eigenvalue weighted by Gasteiger charge is -2.10. The summed E-state index contributed by atoms with van der Waals surface area (Å²) in [6.45, 7) is 3.52. The van der Waals surface area contributed by atoms with Gasteiger partial charge >= 0.3 is 0 Å². The number of amides is 1. The third kappa shape index (κ3) is 1.40. The smallest absolute Gasteiger partial charge is 0.267 e. The summed E-state index contributed by atoms with van der Waals surface area (Å²) in [5.41, 5.74) is 0.846. The molecule has 0 unspecified atom stereocenters. The standard InChI is InChI=1S/C11H7N3O/c1-8-10(7-12)13-14(11(8)15)9-5-3-2-4-6-9/h2-6H,1H2. The number of hydrazone groups is 1. The lowest BCUT2D eigenvalue weighted by atomic mass is 10.2. The van der Waals surface area contributed by atoms with E-state index >= 15 is 0 Å². The zero-order valence-electron chi connectivity index (χ0n) is 7.84. The third-order valence-electron chi connectivity index (χ3n) is 2.04. The van der Waals surface area contributed by atoms with Gasteiger partial charge < -0.3 is 0 Å². The van der Waals surface area contributed by atoms with Crippen molar-refractivity contribution in [3.8, 4) is 6.07 Å². The summed E-state index contributed by atoms with van der Waals surface area (Å²) < 4.78 is 0. The number of carbonyl (C=O) groups is 1. The van der Waals surface area contributed by atoms with E-state index in [4.69, 9.17) is 5.26 Å². The van der Waals surface area contributed by atoms with Crippen LogP contribution in [0.5, 0.6) is 0 Å². The summed E-state index contributed by atoms with van der Waals surface area (Å²) in [5.74, 6) is -0.349. The number of nitrogens with zero attached hydrogens (tertiary/aromatic N) is 3. The molecule has 15 heavy (non-hydrogen) atoms. The molecule has 0 bridgehead atoms. The Morgan fingerprint density at radius 2 is 2.00 bits per heavy atom. The van der Waals surface area contributed by atoms with Crippen LogP contribution >= 0.6 is 0 Å². The number of nitriles is 1. The molecule has 0 N–H and O–H groups in total. The van der Waals surface area contributed by atoms with E-state index in [0.29, 0.717) is 5.69 Å². The minimum Gasteiger partial charge on any atom is -0.267 e. The first-order valence-electron chi connectivity index (χ1n) is 4.31. The zero-order valence-corrected chi connectivity index (χ0v) is 7.84. The van der Waals surface area contributed by atoms with E-state index in [1.165, 1.54) is 5.01 Å². The molecule has 1 heterocycles. The van der Waals surface area contributed by atoms with Gasteiger partial charge in [-0.2, -0.15) is 15.4 Å². The van der Waals surface area contributed by atoms with E-state index < -0.39 is 0 Å². The van der Waals surface area contributed by atoms with Crippen molar-refractivity contribution in [3.63, 3.8) is 0 Å². The van der Waals surface area contributed by atoms with E-state index in [2.05, 4.69) is 11.7 Å². The minimum absolute atomic E-state index is 0.0730. The predicted molar refractivity (Wildman–Crippen MR) is 56.1 cm³/mol. The van der Waals surface area contributed by atoms with Crippen LogP contribution in [-0.4, -0.2) is 11.6 Å². The highest BCUT2D eigenvalue weighted by molar-refractivity contribution is 6.34. The highest BCUT2D eigenvalue weighted by atomic mass is 16.2. The van der Waals surface area contributed by atoms with Crippen molar-refractivity contribution in [3.05, 3.63) is 42.5 Å². The van der Waals surface area contributed by atoms with Crippen molar-refractivity contribution in [1.82, 2.24) is 0 Å². The van der Waals surface area contributed by atoms with Crippen molar-refractivity contribution in [2.24, 2.45) is 5.10 Å². The van der Waals surface area contributed by atoms with Crippen molar-refractivity contribution in [2.75, 3.05) is 5.01 Å². The Bertz CT molecular complexity index is 496. The Balaban J connectivity index is 2.42. The van der Waals surface area contributed by atoms with Gasteiger partial charge in [-0.3, -0.25) is 4.79 Å². The Morgan fingerprint density at radius 3 is 2.53 bits per heavy atom. The van der Waals surface area contributed by atoms with Gasteiger partial charge in [0.25, 0.3) is 5.91 Å². The predicted octanol–water partition coefficient (Wildman–Crippen LogP) is 1.47. The van der Waals surface area contributed by atoms with E-state index in [9.17, 15) is 4.79 Å². The van der Waals surface area contributed by atoms with Gasteiger partial charge in [0.05, 0.1) is 11.3 Å². The Morgan fingerprint density at radius 1 is 1.33 bits per heavy atom. The molecule has 0 aliphatic carbocycles. The Kier molecular flexibility index (Phi) is 2.07. The molecule has 0 radical (unpaired) electrons. The van der Waals surface area contributed by atoms with Gasteiger partial charge in [-0.15, -0.1) is 0 Å². The van der Waals surface area contributed by atoms with Crippen molar-refractivity contribution in [2.45, 2.75) is 0 Å². The average molecular weight is 197 g/mol. The summed E-state index contributed by atoms with van der Waals surface area (Å²) in [6, 6.07) is 10.8. The fraction of sp³-hybridized carbons (Fsp3) is 0. The molecule has 4 nitrogen and oxygen atoms in total. The monoisotopic (exact) mass is 197 g/mol. The molecule has 0 atom stereocenters. The van der Waals surface area contributed by atoms with Crippen LogP contribution in [0.15, 0.2) is 47.6 Å². The zero-order chi connectivity index (χ0) is 10.8. The van der Waals surface area contributed by atoms with Gasteiger partial charge in [-0.1, -0.05) is 24.8 Å². The number of benzene rings is 1. The Hall–Kier alpha value is -2.41. The number of rotatable bonds is 1. The summed E-state index contributed by atoms with van der Waals surface area (Å²) in [5, 5.41) is 13.8. The number of hydrogen-bond acceptors (Lipinski definition) is 3. The van der Waals surface area contributed by atoms with Crippen LogP contribution in [0, 0.1) is 11.3 Å². The highest BCUT2D eigenvalue weighted by Crippen LogP contribution is 2.21. The molecule has 4 heteroatoms. The first-order chi connectivity index (χ1) is 7.24. The molecule has 72 valence electrons. The average Bonchev–Trinajstić information content (AvgIpc) is 2.57. The van der Waals surface area contributed by atoms with Crippen molar-refractivity contribution < 1.29 is 4.79 Å². The van der Waals surface area contributed by atoms with Crippen molar-refractivity contribution in [1.29, 1.82) is 5.26 Å². The molecule has 0 saturated carbocycles. The molecule has 0 fully saturated rings. The molecule has 1 aliphatic heterocycles. The van der Waals surface area contributed by atoms with Gasteiger partial charge in [-0.25, -0.2) is 0 Å². The largest absolute Gasteiger partial charge is 0.281 e. The lowest BCUT2D eigenvalue weighted by molar-refractivity contribution is -0.114. The quantitative estimate of drug-likeness (QED) is 0.640. The van der Waals surface area contributed by atoms with Gasteiger partial charge in [0.15, 0.2) is 5.71 Å². The van der Waals surface area contributed by atoms with Crippen LogP contribution in [0.25, 0.3) is 0 Å². The number of para-hydroxylation sites is 1. The third-order valence-corrected chi connectivity index (χ3v) is 2.04. The summed E-state index contributed by atoms with van der Waals surface area (Å²) in [4.78, 5) is 11.6. The summed E-state index contributed by atoms with van der Waals surface area (Å²) in [7, 11) is 0. The van der Waals surface area contributed by atoms with Crippen LogP contribution in [0.3, 0.4) is 0 Å². The molecule has 0 saturated heterocycles. The van der Waals surface area contributed by atoms with Crippen LogP contribution < -0.4 is 5.01 Å². The second kappa shape index (κ2) is 3.39. The maximum atomic E-state index is 11.6. The molecular formula is C11H7N3O. The molecule has 1 aromatic rings. The van der Waals surface area contributed by atoms with Gasteiger partial charge in [0.2, 0.25) is 0 Å². The fourth-order valence-electron chi connectivity index (χ4n) is 1.27. The topological polar surface area (TPSA) is 56.5 Å². The SMILES string of the molecule is C=C1C(=O)N(c2ccccc2)N=C1C#N. The van der Waals surface area contributed by atoms with E-state index in [0.717, 1.165) is 0 Å². The van der Waals surface area contributed by atoms with E-state index in [-0.39, 0.29) is 17.2 Å². The molecule has 2 rings (SSSR count). The molecule has 0 aromatic heterocycles. The van der Waals surface area contributed by atoms with Gasteiger partial charge in [0, 0.05) is 0 Å². The highest BCUT2D eigenvalue weighted by Gasteiger charge is 2.29. The number of carbonyl (C=O) groups excluding carboxylic acids is 1. The first-order valence-corrected chi connectivity index (χ1v) is 4.31. The second-order valence-corrected chi connectivity index (χ2v) is 2.99. The van der Waals surface area contributed by atoms with Crippen LogP contribution in [0.1, 0.15) is 0 Å². The molecular weight excluding hydrogens is 190 g/mol. The van der Waals surface area contributed by atoms with Crippen LogP contribution in [0.2, 0.25) is 0 Å². The molecule has 0 spiro atoms. The number of hydrogen-bond donors (Lipinski definition) is 0. The Labute approximate surface area is 86.7 Å². The molecule has 1 amide bonds. The second-order valence-electron chi connectivity index (χ2n) is 2.99. The maximum absolute atomic E-state index is 11.6. The first kappa shape index (κ1) is 9.16. The maximum Gasteiger partial charge on any atom is 0.281 e. The normalized spacial score (nSPS) is 15.1. The molecule has 1 aromatic carbocycles. The van der Waals surface area contributed by atoms with Crippen LogP contribution in [0.4, 0.5) is 5.69 Å². The van der Waals surface area contributed by atoms with E-state index in [1.807, 2.05) is 12.1 Å². The van der Waals surface area contributed by atoms with E-state index in [1.54, 1.807) is 24.3 Å².